The second-order valence-corrected chi connectivity index (χ2v) is 4.63. The van der Waals surface area contributed by atoms with Crippen molar-refractivity contribution in [2.45, 2.75) is 19.4 Å². The summed E-state index contributed by atoms with van der Waals surface area (Å²) in [6.07, 6.45) is 1.73. The smallest absolute Gasteiger partial charge is 0.142 e. The van der Waals surface area contributed by atoms with Crippen LogP contribution in [0.3, 0.4) is 0 Å². The third-order valence-corrected chi connectivity index (χ3v) is 3.10. The van der Waals surface area contributed by atoms with Gasteiger partial charge in [-0.3, -0.25) is 4.98 Å². The Bertz CT molecular complexity index is 550. The summed E-state index contributed by atoms with van der Waals surface area (Å²) in [6, 6.07) is 11.9. The Labute approximate surface area is 108 Å². The highest BCUT2D eigenvalue weighted by atomic mass is 16.5. The lowest BCUT2D eigenvalue weighted by atomic mass is 9.88. The molecule has 1 aromatic heterocycles. The normalized spacial score (nSPS) is 14.0. The average Bonchev–Trinajstić information content (AvgIpc) is 2.38. The van der Waals surface area contributed by atoms with Crippen LogP contribution in [0, 0.1) is 6.92 Å². The van der Waals surface area contributed by atoms with Gasteiger partial charge in [-0.1, -0.05) is 29.8 Å². The van der Waals surface area contributed by atoms with Crippen molar-refractivity contribution in [1.82, 2.24) is 4.98 Å². The summed E-state index contributed by atoms with van der Waals surface area (Å²) in [4.78, 5) is 4.38. The standard InChI is InChI=1S/C15H18N2O/c1-11-6-4-7-12(10-11)15(2,16)14-13(18-3)8-5-9-17-14/h4-10H,16H2,1-3H3. The van der Waals surface area contributed by atoms with Gasteiger partial charge in [0.1, 0.15) is 11.4 Å². The van der Waals surface area contributed by atoms with Crippen LogP contribution in [0.4, 0.5) is 0 Å². The molecule has 0 bridgehead atoms. The maximum atomic E-state index is 6.46. The number of aromatic nitrogens is 1. The highest BCUT2D eigenvalue weighted by molar-refractivity contribution is 5.42. The Balaban J connectivity index is 2.54. The summed E-state index contributed by atoms with van der Waals surface area (Å²) in [7, 11) is 1.63. The third-order valence-electron chi connectivity index (χ3n) is 3.10. The predicted molar refractivity (Wildman–Crippen MR) is 72.6 cm³/mol. The van der Waals surface area contributed by atoms with Crippen LogP contribution in [-0.2, 0) is 5.54 Å². The fourth-order valence-electron chi connectivity index (χ4n) is 2.05. The minimum atomic E-state index is -0.668. The zero-order valence-electron chi connectivity index (χ0n) is 11.0. The molecule has 1 heterocycles. The van der Waals surface area contributed by atoms with Crippen LogP contribution in [0.2, 0.25) is 0 Å². The van der Waals surface area contributed by atoms with Crippen molar-refractivity contribution in [3.8, 4) is 5.75 Å². The van der Waals surface area contributed by atoms with E-state index in [-0.39, 0.29) is 0 Å². The monoisotopic (exact) mass is 242 g/mol. The van der Waals surface area contributed by atoms with E-state index in [1.165, 1.54) is 5.56 Å². The van der Waals surface area contributed by atoms with E-state index in [1.54, 1.807) is 13.3 Å². The molecule has 0 aliphatic carbocycles. The summed E-state index contributed by atoms with van der Waals surface area (Å²) in [5.74, 6) is 0.712. The summed E-state index contributed by atoms with van der Waals surface area (Å²) in [6.45, 7) is 4.00. The predicted octanol–water partition coefficient (Wildman–Crippen LogP) is 2.62. The first-order valence-corrected chi connectivity index (χ1v) is 5.91. The van der Waals surface area contributed by atoms with Crippen LogP contribution in [-0.4, -0.2) is 12.1 Å². The number of aryl methyl sites for hydroxylation is 1. The summed E-state index contributed by atoms with van der Waals surface area (Å²) in [5.41, 5.74) is 8.75. The Morgan fingerprint density at radius 1 is 1.22 bits per heavy atom. The topological polar surface area (TPSA) is 48.1 Å². The van der Waals surface area contributed by atoms with E-state index in [0.29, 0.717) is 5.75 Å². The summed E-state index contributed by atoms with van der Waals surface area (Å²) < 4.78 is 5.34. The van der Waals surface area contributed by atoms with Gasteiger partial charge in [-0.2, -0.15) is 0 Å². The van der Waals surface area contributed by atoms with Crippen LogP contribution in [0.25, 0.3) is 0 Å². The van der Waals surface area contributed by atoms with Gasteiger partial charge in [0.2, 0.25) is 0 Å². The van der Waals surface area contributed by atoms with Crippen LogP contribution in [0.1, 0.15) is 23.7 Å². The number of nitrogens with zero attached hydrogens (tertiary/aromatic N) is 1. The molecule has 3 nitrogen and oxygen atoms in total. The first kappa shape index (κ1) is 12.6. The van der Waals surface area contributed by atoms with E-state index < -0.39 is 5.54 Å². The Morgan fingerprint density at radius 2 is 2.00 bits per heavy atom. The van der Waals surface area contributed by atoms with Crippen molar-refractivity contribution in [1.29, 1.82) is 0 Å². The number of rotatable bonds is 3. The van der Waals surface area contributed by atoms with Crippen molar-refractivity contribution in [2.24, 2.45) is 5.73 Å². The van der Waals surface area contributed by atoms with Crippen LogP contribution in [0.5, 0.6) is 5.75 Å². The average molecular weight is 242 g/mol. The fraction of sp³-hybridized carbons (Fsp3) is 0.267. The lowest BCUT2D eigenvalue weighted by Gasteiger charge is -2.26. The molecular formula is C15H18N2O. The maximum Gasteiger partial charge on any atom is 0.142 e. The zero-order valence-corrected chi connectivity index (χ0v) is 11.0. The largest absolute Gasteiger partial charge is 0.495 e. The lowest BCUT2D eigenvalue weighted by molar-refractivity contribution is 0.393. The Kier molecular flexibility index (Phi) is 3.34. The van der Waals surface area contributed by atoms with Crippen LogP contribution < -0.4 is 10.5 Å². The molecule has 1 aromatic carbocycles. The van der Waals surface area contributed by atoms with Crippen molar-refractivity contribution in [3.05, 3.63) is 59.4 Å². The number of nitrogens with two attached hydrogens (primary N) is 1. The van der Waals surface area contributed by atoms with Gasteiger partial charge in [0.25, 0.3) is 0 Å². The second-order valence-electron chi connectivity index (χ2n) is 4.63. The van der Waals surface area contributed by atoms with Gasteiger partial charge in [-0.15, -0.1) is 0 Å². The van der Waals surface area contributed by atoms with Gasteiger partial charge >= 0.3 is 0 Å². The minimum Gasteiger partial charge on any atom is -0.495 e. The van der Waals surface area contributed by atoms with Gasteiger partial charge in [0, 0.05) is 6.20 Å². The van der Waals surface area contributed by atoms with Crippen molar-refractivity contribution >= 4 is 0 Å². The summed E-state index contributed by atoms with van der Waals surface area (Å²) in [5, 5.41) is 0. The maximum absolute atomic E-state index is 6.46. The molecule has 0 saturated carbocycles. The summed E-state index contributed by atoms with van der Waals surface area (Å²) >= 11 is 0. The van der Waals surface area contributed by atoms with Crippen LogP contribution in [0.15, 0.2) is 42.6 Å². The molecule has 2 rings (SSSR count). The SMILES string of the molecule is COc1cccnc1C(C)(N)c1cccc(C)c1. The minimum absolute atomic E-state index is 0.668. The van der Waals surface area contributed by atoms with Gasteiger partial charge < -0.3 is 10.5 Å². The molecule has 3 heteroatoms. The molecule has 0 saturated heterocycles. The highest BCUT2D eigenvalue weighted by Gasteiger charge is 2.28. The number of pyridine rings is 1. The number of hydrogen-bond acceptors (Lipinski definition) is 3. The van der Waals surface area contributed by atoms with Crippen molar-refractivity contribution in [2.75, 3.05) is 7.11 Å². The zero-order chi connectivity index (χ0) is 13.2. The number of hydrogen-bond donors (Lipinski definition) is 1. The van der Waals surface area contributed by atoms with Crippen molar-refractivity contribution in [3.63, 3.8) is 0 Å². The lowest BCUT2D eigenvalue weighted by Crippen LogP contribution is -2.35. The number of ether oxygens (including phenoxy) is 1. The number of benzene rings is 1. The van der Waals surface area contributed by atoms with E-state index in [2.05, 4.69) is 24.0 Å². The molecule has 94 valence electrons. The third kappa shape index (κ3) is 2.22. The van der Waals surface area contributed by atoms with Crippen LogP contribution >= 0.6 is 0 Å². The van der Waals surface area contributed by atoms with E-state index in [1.807, 2.05) is 31.2 Å². The van der Waals surface area contributed by atoms with Gasteiger partial charge in [0.15, 0.2) is 0 Å². The molecule has 2 aromatic rings. The Hall–Kier alpha value is -1.87. The molecule has 0 aliphatic heterocycles. The molecule has 18 heavy (non-hydrogen) atoms. The Morgan fingerprint density at radius 3 is 2.67 bits per heavy atom. The fourth-order valence-corrected chi connectivity index (χ4v) is 2.05. The molecule has 1 atom stereocenters. The quantitative estimate of drug-likeness (QED) is 0.900. The molecule has 0 aliphatic rings. The molecular weight excluding hydrogens is 224 g/mol. The molecule has 0 amide bonds. The van der Waals surface area contributed by atoms with Gasteiger partial charge in [0.05, 0.1) is 12.6 Å². The number of methoxy groups -OCH3 is 1. The van der Waals surface area contributed by atoms with E-state index in [9.17, 15) is 0 Å². The molecule has 0 radical (unpaired) electrons. The van der Waals surface area contributed by atoms with Crippen molar-refractivity contribution < 1.29 is 4.74 Å². The second kappa shape index (κ2) is 4.78. The van der Waals surface area contributed by atoms with E-state index >= 15 is 0 Å². The van der Waals surface area contributed by atoms with Gasteiger partial charge in [-0.25, -0.2) is 0 Å². The molecule has 0 spiro atoms. The first-order valence-electron chi connectivity index (χ1n) is 5.91. The van der Waals surface area contributed by atoms with Gasteiger partial charge in [-0.05, 0) is 31.5 Å². The molecule has 1 unspecified atom stereocenters. The molecule has 2 N–H and O–H groups in total. The first-order chi connectivity index (χ1) is 8.55. The molecule has 0 fully saturated rings. The highest BCUT2D eigenvalue weighted by Crippen LogP contribution is 2.31. The van der Waals surface area contributed by atoms with E-state index in [4.69, 9.17) is 10.5 Å². The van der Waals surface area contributed by atoms with E-state index in [0.717, 1.165) is 11.3 Å².